The fourth-order valence-electron chi connectivity index (χ4n) is 3.12. The van der Waals surface area contributed by atoms with Crippen molar-refractivity contribution in [2.45, 2.75) is 32.1 Å². The molecule has 1 heterocycles. The van der Waals surface area contributed by atoms with Gasteiger partial charge < -0.3 is 5.32 Å². The second kappa shape index (κ2) is 6.80. The lowest BCUT2D eigenvalue weighted by atomic mass is 9.89. The number of thioether (sulfide) groups is 1. The summed E-state index contributed by atoms with van der Waals surface area (Å²) in [5, 5.41) is 5.96. The Kier molecular flexibility index (Phi) is 5.03. The van der Waals surface area contributed by atoms with Crippen molar-refractivity contribution >= 4 is 40.1 Å². The fourth-order valence-corrected chi connectivity index (χ4v) is 4.80. The SMILES string of the molecule is Clc1ccc(CCNC2=NCC3(CCCC3)CS2)c(Cl)c1. The number of rotatable bonds is 3. The predicted molar refractivity (Wildman–Crippen MR) is 93.8 cm³/mol. The molecule has 2 aliphatic rings. The van der Waals surface area contributed by atoms with Crippen LogP contribution in [0.1, 0.15) is 31.2 Å². The van der Waals surface area contributed by atoms with Gasteiger partial charge in [-0.2, -0.15) is 0 Å². The van der Waals surface area contributed by atoms with Gasteiger partial charge in [0.25, 0.3) is 0 Å². The third-order valence-corrected chi connectivity index (χ3v) is 6.31. The number of halogens is 2. The van der Waals surface area contributed by atoms with E-state index in [1.54, 1.807) is 6.07 Å². The molecule has 0 atom stereocenters. The van der Waals surface area contributed by atoms with Crippen molar-refractivity contribution in [1.29, 1.82) is 0 Å². The smallest absolute Gasteiger partial charge is 0.156 e. The molecule has 0 aromatic heterocycles. The number of benzene rings is 1. The summed E-state index contributed by atoms with van der Waals surface area (Å²) in [5.74, 6) is 1.22. The highest BCUT2D eigenvalue weighted by molar-refractivity contribution is 8.13. The van der Waals surface area contributed by atoms with Crippen LogP contribution in [0.3, 0.4) is 0 Å². The Bertz CT molecular complexity index is 539. The van der Waals surface area contributed by atoms with E-state index in [0.29, 0.717) is 10.4 Å². The van der Waals surface area contributed by atoms with Gasteiger partial charge in [-0.1, -0.05) is 53.9 Å². The zero-order chi connectivity index (χ0) is 14.7. The first kappa shape index (κ1) is 15.5. The van der Waals surface area contributed by atoms with Gasteiger partial charge in [-0.3, -0.25) is 4.99 Å². The minimum atomic E-state index is 0.509. The predicted octanol–water partition coefficient (Wildman–Crippen LogP) is 4.79. The molecule has 1 fully saturated rings. The molecule has 2 nitrogen and oxygen atoms in total. The zero-order valence-electron chi connectivity index (χ0n) is 12.0. The fraction of sp³-hybridized carbons (Fsp3) is 0.562. The van der Waals surface area contributed by atoms with Gasteiger partial charge in [0.15, 0.2) is 5.17 Å². The van der Waals surface area contributed by atoms with Gasteiger partial charge in [0.05, 0.1) is 0 Å². The summed E-state index contributed by atoms with van der Waals surface area (Å²) in [5.41, 5.74) is 1.64. The molecule has 1 aromatic carbocycles. The number of hydrogen-bond donors (Lipinski definition) is 1. The van der Waals surface area contributed by atoms with Gasteiger partial charge in [0.1, 0.15) is 0 Å². The van der Waals surface area contributed by atoms with Gasteiger partial charge in [0.2, 0.25) is 0 Å². The van der Waals surface area contributed by atoms with E-state index in [1.165, 1.54) is 31.4 Å². The molecular weight excluding hydrogens is 323 g/mol. The third kappa shape index (κ3) is 3.88. The first-order valence-corrected chi connectivity index (χ1v) is 9.26. The van der Waals surface area contributed by atoms with Crippen LogP contribution in [-0.4, -0.2) is 24.0 Å². The molecule has 114 valence electrons. The minimum absolute atomic E-state index is 0.509. The maximum atomic E-state index is 6.19. The summed E-state index contributed by atoms with van der Waals surface area (Å²) in [6.45, 7) is 1.87. The van der Waals surface area contributed by atoms with Crippen molar-refractivity contribution in [2.75, 3.05) is 18.8 Å². The molecular formula is C16H20Cl2N2S. The number of nitrogens with zero attached hydrogens (tertiary/aromatic N) is 1. The van der Waals surface area contributed by atoms with Crippen LogP contribution in [0.15, 0.2) is 23.2 Å². The van der Waals surface area contributed by atoms with Crippen molar-refractivity contribution in [2.24, 2.45) is 10.4 Å². The molecule has 1 spiro atoms. The van der Waals surface area contributed by atoms with Crippen molar-refractivity contribution in [1.82, 2.24) is 5.32 Å². The molecule has 1 aromatic rings. The van der Waals surface area contributed by atoms with Gasteiger partial charge in [0, 0.05) is 28.9 Å². The lowest BCUT2D eigenvalue weighted by Gasteiger charge is -2.31. The Hall–Kier alpha value is -0.380. The van der Waals surface area contributed by atoms with Crippen LogP contribution in [0.25, 0.3) is 0 Å². The Morgan fingerprint density at radius 3 is 2.71 bits per heavy atom. The van der Waals surface area contributed by atoms with Crippen LogP contribution in [-0.2, 0) is 6.42 Å². The molecule has 1 aliphatic carbocycles. The number of amidine groups is 1. The number of hydrogen-bond acceptors (Lipinski definition) is 3. The molecule has 0 unspecified atom stereocenters. The molecule has 3 rings (SSSR count). The van der Waals surface area contributed by atoms with E-state index in [1.807, 2.05) is 23.9 Å². The summed E-state index contributed by atoms with van der Waals surface area (Å²) >= 11 is 14.0. The quantitative estimate of drug-likeness (QED) is 0.853. The van der Waals surface area contributed by atoms with E-state index in [0.717, 1.165) is 35.3 Å². The van der Waals surface area contributed by atoms with Crippen LogP contribution in [0.5, 0.6) is 0 Å². The molecule has 5 heteroatoms. The standard InChI is InChI=1S/C16H20Cl2N2S/c17-13-4-3-12(14(18)9-13)5-8-19-15-20-10-16(11-21-15)6-1-2-7-16/h3-4,9H,1-2,5-8,10-11H2,(H,19,20). The highest BCUT2D eigenvalue weighted by Gasteiger charge is 2.36. The molecule has 1 aliphatic heterocycles. The van der Waals surface area contributed by atoms with Crippen molar-refractivity contribution < 1.29 is 0 Å². The molecule has 0 saturated heterocycles. The highest BCUT2D eigenvalue weighted by Crippen LogP contribution is 2.43. The minimum Gasteiger partial charge on any atom is -0.365 e. The van der Waals surface area contributed by atoms with Crippen LogP contribution < -0.4 is 5.32 Å². The van der Waals surface area contributed by atoms with E-state index in [-0.39, 0.29) is 0 Å². The second-order valence-corrected chi connectivity index (χ2v) is 7.84. The van der Waals surface area contributed by atoms with Crippen molar-refractivity contribution in [3.8, 4) is 0 Å². The number of nitrogens with one attached hydrogen (secondary N) is 1. The largest absolute Gasteiger partial charge is 0.365 e. The van der Waals surface area contributed by atoms with Gasteiger partial charge >= 0.3 is 0 Å². The second-order valence-electron chi connectivity index (χ2n) is 6.03. The first-order valence-electron chi connectivity index (χ1n) is 7.52. The normalized spacial score (nSPS) is 20.6. The summed E-state index contributed by atoms with van der Waals surface area (Å²) in [7, 11) is 0. The van der Waals surface area contributed by atoms with Crippen LogP contribution in [0.2, 0.25) is 10.0 Å². The molecule has 1 N–H and O–H groups in total. The molecule has 1 saturated carbocycles. The van der Waals surface area contributed by atoms with E-state index in [9.17, 15) is 0 Å². The van der Waals surface area contributed by atoms with E-state index in [4.69, 9.17) is 28.2 Å². The Labute approximate surface area is 140 Å². The maximum absolute atomic E-state index is 6.19. The lowest BCUT2D eigenvalue weighted by Crippen LogP contribution is -2.34. The van der Waals surface area contributed by atoms with Crippen LogP contribution in [0, 0.1) is 5.41 Å². The van der Waals surface area contributed by atoms with Crippen molar-refractivity contribution in [3.63, 3.8) is 0 Å². The third-order valence-electron chi connectivity index (χ3n) is 4.42. The van der Waals surface area contributed by atoms with E-state index < -0.39 is 0 Å². The Balaban J connectivity index is 1.49. The Morgan fingerprint density at radius 2 is 2.05 bits per heavy atom. The maximum Gasteiger partial charge on any atom is 0.156 e. The van der Waals surface area contributed by atoms with E-state index >= 15 is 0 Å². The average molecular weight is 343 g/mol. The average Bonchev–Trinajstić information content (AvgIpc) is 2.92. The molecule has 0 radical (unpaired) electrons. The number of aliphatic imine (C=N–C) groups is 1. The first-order chi connectivity index (χ1) is 10.2. The van der Waals surface area contributed by atoms with Gasteiger partial charge in [-0.05, 0) is 42.4 Å². The highest BCUT2D eigenvalue weighted by atomic mass is 35.5. The van der Waals surface area contributed by atoms with Gasteiger partial charge in [-0.15, -0.1) is 0 Å². The summed E-state index contributed by atoms with van der Waals surface area (Å²) in [6.07, 6.45) is 6.37. The molecule has 0 bridgehead atoms. The van der Waals surface area contributed by atoms with Crippen LogP contribution in [0.4, 0.5) is 0 Å². The van der Waals surface area contributed by atoms with Gasteiger partial charge in [-0.25, -0.2) is 0 Å². The monoisotopic (exact) mass is 342 g/mol. The summed E-state index contributed by atoms with van der Waals surface area (Å²) in [4.78, 5) is 4.75. The summed E-state index contributed by atoms with van der Waals surface area (Å²) < 4.78 is 0. The Morgan fingerprint density at radius 1 is 1.24 bits per heavy atom. The summed E-state index contributed by atoms with van der Waals surface area (Å²) in [6, 6.07) is 5.68. The van der Waals surface area contributed by atoms with Crippen LogP contribution >= 0.6 is 35.0 Å². The van der Waals surface area contributed by atoms with Crippen molar-refractivity contribution in [3.05, 3.63) is 33.8 Å². The topological polar surface area (TPSA) is 24.4 Å². The lowest BCUT2D eigenvalue weighted by molar-refractivity contribution is 0.358. The molecule has 0 amide bonds. The van der Waals surface area contributed by atoms with E-state index in [2.05, 4.69) is 5.32 Å². The zero-order valence-corrected chi connectivity index (χ0v) is 14.3. The molecule has 21 heavy (non-hydrogen) atoms.